The molecule has 1 heterocycles. The van der Waals surface area contributed by atoms with Gasteiger partial charge in [0.05, 0.1) is 18.1 Å². The van der Waals surface area contributed by atoms with Gasteiger partial charge in [-0.25, -0.2) is 0 Å². The highest BCUT2D eigenvalue weighted by Gasteiger charge is 2.56. The Bertz CT molecular complexity index is 678. The summed E-state index contributed by atoms with van der Waals surface area (Å²) in [6.45, 7) is 0. The van der Waals surface area contributed by atoms with E-state index in [4.69, 9.17) is 0 Å². The monoisotopic (exact) mass is 296 g/mol. The molecule has 2 bridgehead atoms. The predicted octanol–water partition coefficient (Wildman–Crippen LogP) is 1.92. The van der Waals surface area contributed by atoms with Crippen LogP contribution in [-0.4, -0.2) is 28.1 Å². The van der Waals surface area contributed by atoms with E-state index in [9.17, 15) is 14.7 Å². The molecule has 22 heavy (non-hydrogen) atoms. The van der Waals surface area contributed by atoms with Crippen LogP contribution >= 0.6 is 0 Å². The second-order valence-electron chi connectivity index (χ2n) is 6.13. The van der Waals surface area contributed by atoms with Crippen LogP contribution < -0.4 is 0 Å². The molecule has 1 aliphatic heterocycles. The van der Waals surface area contributed by atoms with Crippen molar-refractivity contribution in [2.24, 2.45) is 28.8 Å². The molecular formula is C17H16N2O3. The summed E-state index contributed by atoms with van der Waals surface area (Å²) < 4.78 is 0. The Kier molecular flexibility index (Phi) is 2.89. The largest absolute Gasteiger partial charge is 0.507 e. The van der Waals surface area contributed by atoms with Crippen molar-refractivity contribution in [1.82, 2.24) is 5.01 Å². The zero-order chi connectivity index (χ0) is 15.3. The van der Waals surface area contributed by atoms with Gasteiger partial charge in [-0.3, -0.25) is 9.59 Å². The average Bonchev–Trinajstić information content (AvgIpc) is 2.82. The van der Waals surface area contributed by atoms with E-state index in [1.54, 1.807) is 24.3 Å². The van der Waals surface area contributed by atoms with E-state index in [-0.39, 0.29) is 41.2 Å². The van der Waals surface area contributed by atoms with Crippen molar-refractivity contribution in [1.29, 1.82) is 0 Å². The fraction of sp³-hybridized carbons (Fsp3) is 0.353. The van der Waals surface area contributed by atoms with Crippen LogP contribution in [0.2, 0.25) is 0 Å². The number of phenols is 1. The minimum absolute atomic E-state index is 0.0736. The maximum Gasteiger partial charge on any atom is 0.254 e. The molecular weight excluding hydrogens is 280 g/mol. The summed E-state index contributed by atoms with van der Waals surface area (Å²) in [6.07, 6.45) is 7.47. The number of fused-ring (bicyclic) bond motifs is 1. The molecule has 5 rings (SSSR count). The number of hydrogen-bond donors (Lipinski definition) is 1. The van der Waals surface area contributed by atoms with E-state index in [1.165, 1.54) is 6.21 Å². The van der Waals surface area contributed by atoms with Gasteiger partial charge in [-0.15, -0.1) is 0 Å². The zero-order valence-corrected chi connectivity index (χ0v) is 11.9. The van der Waals surface area contributed by atoms with Crippen LogP contribution in [0, 0.1) is 23.7 Å². The molecule has 1 N–H and O–H groups in total. The van der Waals surface area contributed by atoms with E-state index in [2.05, 4.69) is 17.3 Å². The van der Waals surface area contributed by atoms with Crippen molar-refractivity contribution in [3.05, 3.63) is 42.0 Å². The third-order valence-corrected chi connectivity index (χ3v) is 4.99. The van der Waals surface area contributed by atoms with Gasteiger partial charge < -0.3 is 5.11 Å². The maximum atomic E-state index is 12.5. The summed E-state index contributed by atoms with van der Waals surface area (Å²) in [5, 5.41) is 14.8. The van der Waals surface area contributed by atoms with Gasteiger partial charge in [0, 0.05) is 5.56 Å². The molecule has 1 saturated heterocycles. The number of nitrogens with zero attached hydrogens (tertiary/aromatic N) is 2. The molecule has 0 unspecified atom stereocenters. The average molecular weight is 296 g/mol. The molecule has 4 atom stereocenters. The topological polar surface area (TPSA) is 70.0 Å². The molecule has 112 valence electrons. The number of allylic oxidation sites excluding steroid dienone is 2. The lowest BCUT2D eigenvalue weighted by Crippen LogP contribution is -2.38. The summed E-state index contributed by atoms with van der Waals surface area (Å²) in [7, 11) is 0. The Balaban J connectivity index is 1.63. The number of para-hydroxylation sites is 1. The highest BCUT2D eigenvalue weighted by Crippen LogP contribution is 2.49. The highest BCUT2D eigenvalue weighted by atomic mass is 16.3. The van der Waals surface area contributed by atoms with Crippen LogP contribution in [0.4, 0.5) is 0 Å². The number of rotatable bonds is 2. The lowest BCUT2D eigenvalue weighted by atomic mass is 9.63. The number of imide groups is 1. The lowest BCUT2D eigenvalue weighted by Gasteiger charge is -2.37. The van der Waals surface area contributed by atoms with Gasteiger partial charge in [0.2, 0.25) is 0 Å². The van der Waals surface area contributed by atoms with Gasteiger partial charge in [-0.05, 0) is 36.8 Å². The minimum atomic E-state index is -0.252. The first kappa shape index (κ1) is 13.2. The van der Waals surface area contributed by atoms with Crippen molar-refractivity contribution in [3.63, 3.8) is 0 Å². The Labute approximate surface area is 127 Å². The number of benzene rings is 1. The standard InChI is InChI=1S/C17H16N2O3/c20-13-4-2-1-3-12(13)9-18-19-16(21)14-10-5-6-11(8-7-10)15(14)17(19)22/h1-6,9-11,14-15,20H,7-8H2/b18-9-/t10-,11-,14-,15-/m0/s1. The second-order valence-corrected chi connectivity index (χ2v) is 6.13. The molecule has 3 aliphatic carbocycles. The fourth-order valence-electron chi connectivity index (χ4n) is 3.89. The predicted molar refractivity (Wildman–Crippen MR) is 79.9 cm³/mol. The molecule has 1 saturated carbocycles. The van der Waals surface area contributed by atoms with E-state index in [1.807, 2.05) is 0 Å². The summed E-state index contributed by atoms with van der Waals surface area (Å²) in [6, 6.07) is 6.69. The Morgan fingerprint density at radius 3 is 2.18 bits per heavy atom. The van der Waals surface area contributed by atoms with E-state index >= 15 is 0 Å². The number of carbonyl (C=O) groups is 2. The van der Waals surface area contributed by atoms with Crippen molar-refractivity contribution >= 4 is 18.0 Å². The summed E-state index contributed by atoms with van der Waals surface area (Å²) in [5.41, 5.74) is 0.485. The van der Waals surface area contributed by atoms with Gasteiger partial charge in [0.15, 0.2) is 0 Å². The highest BCUT2D eigenvalue weighted by molar-refractivity contribution is 6.06. The number of carbonyl (C=O) groups excluding carboxylic acids is 2. The first-order chi connectivity index (χ1) is 10.7. The molecule has 0 aromatic heterocycles. The number of amides is 2. The first-order valence-corrected chi connectivity index (χ1v) is 7.55. The van der Waals surface area contributed by atoms with Crippen LogP contribution in [-0.2, 0) is 9.59 Å². The Morgan fingerprint density at radius 2 is 1.64 bits per heavy atom. The van der Waals surface area contributed by atoms with Crippen LogP contribution in [0.1, 0.15) is 18.4 Å². The van der Waals surface area contributed by atoms with Crippen molar-refractivity contribution in [2.45, 2.75) is 12.8 Å². The lowest BCUT2D eigenvalue weighted by molar-refractivity contribution is -0.140. The van der Waals surface area contributed by atoms with E-state index in [0.29, 0.717) is 5.56 Å². The second kappa shape index (κ2) is 4.80. The number of phenolic OH excluding ortho intramolecular Hbond substituents is 1. The molecule has 0 spiro atoms. The van der Waals surface area contributed by atoms with E-state index < -0.39 is 0 Å². The maximum absolute atomic E-state index is 12.5. The number of aromatic hydroxyl groups is 1. The fourth-order valence-corrected chi connectivity index (χ4v) is 3.89. The molecule has 5 heteroatoms. The Hall–Kier alpha value is -2.43. The Morgan fingerprint density at radius 1 is 1.05 bits per heavy atom. The third kappa shape index (κ3) is 1.81. The number of hydrazone groups is 1. The van der Waals surface area contributed by atoms with Crippen LogP contribution in [0.5, 0.6) is 5.75 Å². The van der Waals surface area contributed by atoms with Gasteiger partial charge in [-0.2, -0.15) is 10.1 Å². The van der Waals surface area contributed by atoms with Crippen LogP contribution in [0.25, 0.3) is 0 Å². The summed E-state index contributed by atoms with van der Waals surface area (Å²) >= 11 is 0. The van der Waals surface area contributed by atoms with Crippen molar-refractivity contribution in [2.75, 3.05) is 0 Å². The summed E-state index contributed by atoms with van der Waals surface area (Å²) in [5.74, 6) is -0.518. The van der Waals surface area contributed by atoms with Gasteiger partial charge in [-0.1, -0.05) is 24.3 Å². The summed E-state index contributed by atoms with van der Waals surface area (Å²) in [4.78, 5) is 25.1. The molecule has 4 aliphatic rings. The molecule has 0 radical (unpaired) electrons. The number of hydrogen-bond acceptors (Lipinski definition) is 4. The molecule has 2 amide bonds. The molecule has 1 aromatic rings. The zero-order valence-electron chi connectivity index (χ0n) is 11.9. The van der Waals surface area contributed by atoms with E-state index in [0.717, 1.165) is 17.9 Å². The van der Waals surface area contributed by atoms with Crippen molar-refractivity contribution in [3.8, 4) is 5.75 Å². The van der Waals surface area contributed by atoms with Gasteiger partial charge >= 0.3 is 0 Å². The van der Waals surface area contributed by atoms with Gasteiger partial charge in [0.1, 0.15) is 5.75 Å². The molecule has 5 nitrogen and oxygen atoms in total. The SMILES string of the molecule is O=C1[C@@H]2[C@@H](C(=O)N1/N=C\c1ccccc1O)[C@H]1C=C[C@H]2CC1. The minimum Gasteiger partial charge on any atom is -0.507 e. The van der Waals surface area contributed by atoms with Crippen LogP contribution in [0.3, 0.4) is 0 Å². The first-order valence-electron chi connectivity index (χ1n) is 7.55. The van der Waals surface area contributed by atoms with Gasteiger partial charge in [0.25, 0.3) is 11.8 Å². The quantitative estimate of drug-likeness (QED) is 0.515. The molecule has 2 fully saturated rings. The third-order valence-electron chi connectivity index (χ3n) is 4.99. The van der Waals surface area contributed by atoms with Crippen molar-refractivity contribution < 1.29 is 14.7 Å². The van der Waals surface area contributed by atoms with Crippen LogP contribution in [0.15, 0.2) is 41.5 Å². The smallest absolute Gasteiger partial charge is 0.254 e. The molecule has 1 aromatic carbocycles. The normalized spacial score (nSPS) is 33.0.